The molecule has 1 aliphatic heterocycles. The zero-order valence-corrected chi connectivity index (χ0v) is 16.8. The standard InChI is InChI=1S/C24H27NO4/c1-16-5-4-8-19(13-16)23-21-14-20(29-15-22(26)27)10-9-17(21)11-12-25(23)24(28)18-6-2-3-7-18/h4-5,8-10,13-14,18,23H,2-3,6-7,11-12,15H2,1H3,(H,26,27). The molecule has 152 valence electrons. The summed E-state index contributed by atoms with van der Waals surface area (Å²) in [4.78, 5) is 26.3. The summed E-state index contributed by atoms with van der Waals surface area (Å²) < 4.78 is 5.43. The van der Waals surface area contributed by atoms with Gasteiger partial charge in [-0.15, -0.1) is 0 Å². The lowest BCUT2D eigenvalue weighted by Gasteiger charge is -2.39. The van der Waals surface area contributed by atoms with Gasteiger partial charge in [-0.2, -0.15) is 0 Å². The number of ether oxygens (including phenoxy) is 1. The number of carbonyl (C=O) groups is 2. The molecule has 1 aliphatic carbocycles. The Morgan fingerprint density at radius 1 is 1.14 bits per heavy atom. The molecule has 1 heterocycles. The Morgan fingerprint density at radius 2 is 1.93 bits per heavy atom. The maximum absolute atomic E-state index is 13.4. The average molecular weight is 393 g/mol. The van der Waals surface area contributed by atoms with Crippen LogP contribution in [0.1, 0.15) is 54.0 Å². The summed E-state index contributed by atoms with van der Waals surface area (Å²) in [5, 5.41) is 8.93. The van der Waals surface area contributed by atoms with Crippen molar-refractivity contribution in [2.24, 2.45) is 5.92 Å². The van der Waals surface area contributed by atoms with Crippen LogP contribution in [-0.4, -0.2) is 35.0 Å². The highest BCUT2D eigenvalue weighted by atomic mass is 16.5. The average Bonchev–Trinajstić information content (AvgIpc) is 3.25. The van der Waals surface area contributed by atoms with Crippen LogP contribution < -0.4 is 4.74 Å². The van der Waals surface area contributed by atoms with Crippen molar-refractivity contribution in [2.75, 3.05) is 13.2 Å². The maximum Gasteiger partial charge on any atom is 0.341 e. The number of hydrogen-bond acceptors (Lipinski definition) is 3. The van der Waals surface area contributed by atoms with Crippen molar-refractivity contribution in [3.8, 4) is 5.75 Å². The second kappa shape index (κ2) is 8.27. The Kier molecular flexibility index (Phi) is 5.56. The van der Waals surface area contributed by atoms with E-state index in [9.17, 15) is 9.59 Å². The number of fused-ring (bicyclic) bond motifs is 1. The van der Waals surface area contributed by atoms with E-state index in [1.54, 1.807) is 0 Å². The van der Waals surface area contributed by atoms with Gasteiger partial charge in [0, 0.05) is 12.5 Å². The van der Waals surface area contributed by atoms with Crippen LogP contribution in [-0.2, 0) is 16.0 Å². The number of rotatable bonds is 5. The normalized spacial score (nSPS) is 19.1. The second-order valence-corrected chi connectivity index (χ2v) is 8.12. The molecule has 1 atom stereocenters. The van der Waals surface area contributed by atoms with Gasteiger partial charge in [-0.25, -0.2) is 4.79 Å². The zero-order valence-electron chi connectivity index (χ0n) is 16.8. The molecule has 0 radical (unpaired) electrons. The lowest BCUT2D eigenvalue weighted by molar-refractivity contribution is -0.139. The minimum atomic E-state index is -1.00. The van der Waals surface area contributed by atoms with Gasteiger partial charge in [0.1, 0.15) is 5.75 Å². The molecule has 5 heteroatoms. The topological polar surface area (TPSA) is 66.8 Å². The summed E-state index contributed by atoms with van der Waals surface area (Å²) >= 11 is 0. The van der Waals surface area contributed by atoms with Gasteiger partial charge in [0.05, 0.1) is 6.04 Å². The van der Waals surface area contributed by atoms with E-state index < -0.39 is 5.97 Å². The van der Waals surface area contributed by atoms with E-state index in [0.29, 0.717) is 12.3 Å². The molecule has 2 aromatic carbocycles. The SMILES string of the molecule is Cc1cccc(C2c3cc(OCC(=O)O)ccc3CCN2C(=O)C2CCCC2)c1. The van der Waals surface area contributed by atoms with Gasteiger partial charge in [0.25, 0.3) is 0 Å². The third kappa shape index (κ3) is 4.14. The van der Waals surface area contributed by atoms with Crippen molar-refractivity contribution in [1.82, 2.24) is 4.90 Å². The highest BCUT2D eigenvalue weighted by Gasteiger charge is 2.36. The van der Waals surface area contributed by atoms with Crippen LogP contribution >= 0.6 is 0 Å². The number of carbonyl (C=O) groups excluding carboxylic acids is 1. The predicted octanol–water partition coefficient (Wildman–Crippen LogP) is 4.12. The van der Waals surface area contributed by atoms with Crippen LogP contribution in [0.2, 0.25) is 0 Å². The Hall–Kier alpha value is -2.82. The molecular weight excluding hydrogens is 366 g/mol. The number of nitrogens with zero attached hydrogens (tertiary/aromatic N) is 1. The molecular formula is C24H27NO4. The van der Waals surface area contributed by atoms with Gasteiger partial charge < -0.3 is 14.7 Å². The molecule has 4 rings (SSSR count). The largest absolute Gasteiger partial charge is 0.482 e. The molecule has 0 spiro atoms. The number of benzene rings is 2. The summed E-state index contributed by atoms with van der Waals surface area (Å²) in [6, 6.07) is 13.9. The number of carboxylic acids is 1. The Morgan fingerprint density at radius 3 is 2.66 bits per heavy atom. The highest BCUT2D eigenvalue weighted by Crippen LogP contribution is 2.39. The molecule has 1 fully saturated rings. The van der Waals surface area contributed by atoms with Crippen molar-refractivity contribution in [3.63, 3.8) is 0 Å². The molecule has 0 saturated heterocycles. The third-order valence-electron chi connectivity index (χ3n) is 6.05. The summed E-state index contributed by atoms with van der Waals surface area (Å²) in [5.41, 5.74) is 4.47. The van der Waals surface area contributed by atoms with Crippen LogP contribution in [0.3, 0.4) is 0 Å². The molecule has 5 nitrogen and oxygen atoms in total. The molecule has 1 unspecified atom stereocenters. The Labute approximate surface area is 171 Å². The van der Waals surface area contributed by atoms with Crippen LogP contribution in [0.15, 0.2) is 42.5 Å². The van der Waals surface area contributed by atoms with E-state index in [1.807, 2.05) is 29.2 Å². The first-order valence-corrected chi connectivity index (χ1v) is 10.4. The Balaban J connectivity index is 1.74. The van der Waals surface area contributed by atoms with E-state index >= 15 is 0 Å². The number of hydrogen-bond donors (Lipinski definition) is 1. The zero-order chi connectivity index (χ0) is 20.4. The molecule has 1 amide bonds. The van der Waals surface area contributed by atoms with Crippen molar-refractivity contribution in [2.45, 2.75) is 45.1 Å². The monoisotopic (exact) mass is 393 g/mol. The van der Waals surface area contributed by atoms with Gasteiger partial charge in [-0.05, 0) is 55.0 Å². The second-order valence-electron chi connectivity index (χ2n) is 8.12. The first-order chi connectivity index (χ1) is 14.0. The number of aliphatic carboxylic acids is 1. The van der Waals surface area contributed by atoms with Crippen LogP contribution in [0.5, 0.6) is 5.75 Å². The van der Waals surface area contributed by atoms with E-state index in [4.69, 9.17) is 9.84 Å². The van der Waals surface area contributed by atoms with Gasteiger partial charge in [-0.1, -0.05) is 48.7 Å². The van der Waals surface area contributed by atoms with Crippen molar-refractivity contribution >= 4 is 11.9 Å². The summed E-state index contributed by atoms with van der Waals surface area (Å²) in [5.74, 6) is -0.109. The van der Waals surface area contributed by atoms with Crippen molar-refractivity contribution < 1.29 is 19.4 Å². The first-order valence-electron chi connectivity index (χ1n) is 10.4. The fraction of sp³-hybridized carbons (Fsp3) is 0.417. The summed E-state index contributed by atoms with van der Waals surface area (Å²) in [6.07, 6.45) is 5.01. The van der Waals surface area contributed by atoms with Gasteiger partial charge in [-0.3, -0.25) is 4.79 Å². The third-order valence-corrected chi connectivity index (χ3v) is 6.05. The number of carboxylic acid groups (broad SMARTS) is 1. The molecule has 2 aliphatic rings. The Bertz CT molecular complexity index is 917. The van der Waals surface area contributed by atoms with Crippen molar-refractivity contribution in [1.29, 1.82) is 0 Å². The van der Waals surface area contributed by atoms with Crippen LogP contribution in [0.25, 0.3) is 0 Å². The number of aryl methyl sites for hydroxylation is 1. The van der Waals surface area contributed by atoms with Crippen LogP contribution in [0.4, 0.5) is 0 Å². The molecule has 0 bridgehead atoms. The summed E-state index contributed by atoms with van der Waals surface area (Å²) in [6.45, 7) is 2.39. The van der Waals surface area contributed by atoms with E-state index in [0.717, 1.165) is 48.8 Å². The first kappa shape index (κ1) is 19.5. The summed E-state index contributed by atoms with van der Waals surface area (Å²) in [7, 11) is 0. The van der Waals surface area contributed by atoms with Gasteiger partial charge in [0.2, 0.25) is 5.91 Å². The van der Waals surface area contributed by atoms with E-state index in [-0.39, 0.29) is 24.5 Å². The number of amides is 1. The van der Waals surface area contributed by atoms with Crippen LogP contribution in [0, 0.1) is 12.8 Å². The highest BCUT2D eigenvalue weighted by molar-refractivity contribution is 5.80. The maximum atomic E-state index is 13.4. The molecule has 1 saturated carbocycles. The molecule has 2 aromatic rings. The fourth-order valence-corrected chi connectivity index (χ4v) is 4.67. The van der Waals surface area contributed by atoms with Gasteiger partial charge >= 0.3 is 5.97 Å². The fourth-order valence-electron chi connectivity index (χ4n) is 4.67. The molecule has 29 heavy (non-hydrogen) atoms. The molecule has 0 aromatic heterocycles. The smallest absolute Gasteiger partial charge is 0.341 e. The lowest BCUT2D eigenvalue weighted by atomic mass is 9.86. The van der Waals surface area contributed by atoms with E-state index in [2.05, 4.69) is 25.1 Å². The van der Waals surface area contributed by atoms with E-state index in [1.165, 1.54) is 5.56 Å². The lowest BCUT2D eigenvalue weighted by Crippen LogP contribution is -2.43. The predicted molar refractivity (Wildman–Crippen MR) is 110 cm³/mol. The minimum absolute atomic E-state index is 0.121. The molecule has 1 N–H and O–H groups in total. The van der Waals surface area contributed by atoms with Crippen molar-refractivity contribution in [3.05, 3.63) is 64.7 Å². The quantitative estimate of drug-likeness (QED) is 0.830. The minimum Gasteiger partial charge on any atom is -0.482 e. The van der Waals surface area contributed by atoms with Gasteiger partial charge in [0.15, 0.2) is 6.61 Å².